The summed E-state index contributed by atoms with van der Waals surface area (Å²) in [7, 11) is 1.85. The van der Waals surface area contributed by atoms with Crippen LogP contribution in [-0.2, 0) is 11.8 Å². The molecule has 1 aliphatic carbocycles. The number of aliphatic hydroxyl groups excluding tert-OH is 1. The van der Waals surface area contributed by atoms with Crippen molar-refractivity contribution in [1.82, 2.24) is 44.0 Å². The molecular formula is C41H47N11O5. The molecule has 296 valence electrons. The van der Waals surface area contributed by atoms with Crippen LogP contribution in [0.25, 0.3) is 22.2 Å². The molecule has 2 atom stereocenters. The zero-order valence-electron chi connectivity index (χ0n) is 32.3. The van der Waals surface area contributed by atoms with Crippen molar-refractivity contribution in [2.24, 2.45) is 13.0 Å². The second-order valence-electron chi connectivity index (χ2n) is 16.0. The molecule has 0 spiro atoms. The van der Waals surface area contributed by atoms with Crippen LogP contribution in [0.2, 0.25) is 0 Å². The Bertz CT molecular complexity index is 2500. The van der Waals surface area contributed by atoms with E-state index in [-0.39, 0.29) is 30.3 Å². The van der Waals surface area contributed by atoms with E-state index in [1.165, 1.54) is 4.90 Å². The van der Waals surface area contributed by atoms with Gasteiger partial charge < -0.3 is 24.5 Å². The molecule has 57 heavy (non-hydrogen) atoms. The average molecular weight is 774 g/mol. The molecule has 0 bridgehead atoms. The molecule has 6 aromatic rings. The third-order valence-corrected chi connectivity index (χ3v) is 11.7. The van der Waals surface area contributed by atoms with Gasteiger partial charge in [0.2, 0.25) is 5.91 Å². The van der Waals surface area contributed by atoms with Gasteiger partial charge in [-0.3, -0.25) is 24.5 Å². The molecule has 9 rings (SSSR count). The molecule has 3 aliphatic rings. The molecule has 16 nitrogen and oxygen atoms in total. The summed E-state index contributed by atoms with van der Waals surface area (Å²) < 4.78 is 11.4. The first-order valence-electron chi connectivity index (χ1n) is 19.9. The van der Waals surface area contributed by atoms with E-state index in [2.05, 4.69) is 36.8 Å². The molecular weight excluding hydrogens is 727 g/mol. The molecule has 1 aromatic carbocycles. The summed E-state index contributed by atoms with van der Waals surface area (Å²) in [6, 6.07) is 9.27. The number of carbonyl (C=O) groups excluding carboxylic acids is 3. The number of amides is 4. The predicted molar refractivity (Wildman–Crippen MR) is 213 cm³/mol. The third kappa shape index (κ3) is 7.19. The number of urea groups is 1. The van der Waals surface area contributed by atoms with Crippen molar-refractivity contribution in [3.63, 3.8) is 0 Å². The SMILES string of the molecule is CC(C)Oc1cc2nc([C@H]3CC[C@H](CN4CC[C@H](c5ccc6c(N7CCC(=O)NC7=O)nn(C)c6c5)[C@H](O)C4)CC3)cn2cc1C(=O)Nc1cnn2cccnc12. The molecule has 2 aliphatic heterocycles. The summed E-state index contributed by atoms with van der Waals surface area (Å²) in [6.45, 7) is 6.66. The molecule has 3 fully saturated rings. The smallest absolute Gasteiger partial charge is 0.329 e. The van der Waals surface area contributed by atoms with E-state index >= 15 is 0 Å². The van der Waals surface area contributed by atoms with E-state index in [0.717, 1.165) is 73.0 Å². The number of fused-ring (bicyclic) bond motifs is 3. The Labute approximate surface area is 328 Å². The minimum atomic E-state index is -0.495. The molecule has 5 aromatic heterocycles. The zero-order valence-corrected chi connectivity index (χ0v) is 32.3. The van der Waals surface area contributed by atoms with Crippen LogP contribution in [-0.4, -0.2) is 100 Å². The summed E-state index contributed by atoms with van der Waals surface area (Å²) in [5.74, 6) is 1.29. The highest BCUT2D eigenvalue weighted by atomic mass is 16.5. The lowest BCUT2D eigenvalue weighted by Gasteiger charge is -2.39. The average Bonchev–Trinajstić information content (AvgIpc) is 3.89. The second kappa shape index (κ2) is 14.9. The van der Waals surface area contributed by atoms with E-state index < -0.39 is 12.1 Å². The van der Waals surface area contributed by atoms with Gasteiger partial charge in [0.1, 0.15) is 17.1 Å². The Morgan fingerprint density at radius 3 is 2.72 bits per heavy atom. The lowest BCUT2D eigenvalue weighted by molar-refractivity contribution is -0.120. The van der Waals surface area contributed by atoms with Crippen LogP contribution < -0.4 is 20.3 Å². The van der Waals surface area contributed by atoms with Crippen molar-refractivity contribution in [3.8, 4) is 5.75 Å². The maximum absolute atomic E-state index is 13.6. The van der Waals surface area contributed by atoms with Gasteiger partial charge in [0.05, 0.1) is 35.2 Å². The number of imide groups is 1. The van der Waals surface area contributed by atoms with Crippen LogP contribution in [0.15, 0.2) is 61.3 Å². The molecule has 2 saturated heterocycles. The van der Waals surface area contributed by atoms with Gasteiger partial charge in [-0.2, -0.15) is 10.2 Å². The van der Waals surface area contributed by atoms with Crippen molar-refractivity contribution >= 4 is 51.5 Å². The Kier molecular flexibility index (Phi) is 9.60. The fraction of sp³-hybridized carbons (Fsp3) is 0.439. The van der Waals surface area contributed by atoms with Crippen molar-refractivity contribution in [1.29, 1.82) is 0 Å². The topological polar surface area (TPSA) is 177 Å². The molecule has 16 heteroatoms. The van der Waals surface area contributed by atoms with Gasteiger partial charge in [-0.05, 0) is 82.2 Å². The molecule has 1 saturated carbocycles. The van der Waals surface area contributed by atoms with E-state index in [9.17, 15) is 19.5 Å². The lowest BCUT2D eigenvalue weighted by Crippen LogP contribution is -2.49. The summed E-state index contributed by atoms with van der Waals surface area (Å²) in [6.07, 6.45) is 13.6. The molecule has 0 unspecified atom stereocenters. The predicted octanol–water partition coefficient (Wildman–Crippen LogP) is 4.87. The Morgan fingerprint density at radius 2 is 1.93 bits per heavy atom. The number of ether oxygens (including phenoxy) is 1. The van der Waals surface area contributed by atoms with Gasteiger partial charge in [-0.1, -0.05) is 6.07 Å². The van der Waals surface area contributed by atoms with Crippen molar-refractivity contribution < 1.29 is 24.2 Å². The van der Waals surface area contributed by atoms with E-state index in [4.69, 9.17) is 9.72 Å². The summed E-state index contributed by atoms with van der Waals surface area (Å²) in [5.41, 5.74) is 5.19. The first kappa shape index (κ1) is 36.7. The van der Waals surface area contributed by atoms with Crippen molar-refractivity contribution in [3.05, 3.63) is 78.1 Å². The summed E-state index contributed by atoms with van der Waals surface area (Å²) in [5, 5.41) is 26.5. The van der Waals surface area contributed by atoms with E-state index in [1.54, 1.807) is 40.1 Å². The number of benzene rings is 1. The maximum Gasteiger partial charge on any atom is 0.329 e. The van der Waals surface area contributed by atoms with Crippen LogP contribution in [0.1, 0.15) is 85.8 Å². The zero-order chi connectivity index (χ0) is 39.4. The standard InChI is InChI=1S/C41H47N11O5/c1-24(2)57-35-18-36-44-32(22-50(36)21-30(35)40(55)45-31-19-43-52-14-4-13-42-39(31)52)26-7-5-25(6-8-26)20-49-15-11-28(34(53)23-49)27-9-10-29-33(17-27)48(3)47-38(29)51-16-12-37(54)46-41(51)56/h4,9-10,13-14,17-19,21-22,24-26,28,34,53H,5-8,11-12,15-16,20,23H2,1-3H3,(H,45,55)(H,46,54,56)/t25-,26-,28-,34-/m1/s1. The Balaban J connectivity index is 0.821. The summed E-state index contributed by atoms with van der Waals surface area (Å²) >= 11 is 0. The van der Waals surface area contributed by atoms with Gasteiger partial charge in [0.25, 0.3) is 5.91 Å². The second-order valence-corrected chi connectivity index (χ2v) is 16.0. The van der Waals surface area contributed by atoms with Crippen molar-refractivity contribution in [2.75, 3.05) is 36.4 Å². The van der Waals surface area contributed by atoms with Crippen molar-refractivity contribution in [2.45, 2.75) is 76.4 Å². The number of hydrogen-bond acceptors (Lipinski definition) is 10. The highest BCUT2D eigenvalue weighted by Crippen LogP contribution is 2.38. The maximum atomic E-state index is 13.6. The normalized spacial score (nSPS) is 22.2. The van der Waals surface area contributed by atoms with Gasteiger partial charge >= 0.3 is 6.03 Å². The van der Waals surface area contributed by atoms with Gasteiger partial charge in [-0.15, -0.1) is 0 Å². The third-order valence-electron chi connectivity index (χ3n) is 11.7. The minimum Gasteiger partial charge on any atom is -0.490 e. The van der Waals surface area contributed by atoms with Crippen LogP contribution in [0.4, 0.5) is 16.3 Å². The number of aryl methyl sites for hydroxylation is 1. The van der Waals surface area contributed by atoms with Gasteiger partial charge in [-0.25, -0.2) is 19.3 Å². The van der Waals surface area contributed by atoms with Gasteiger partial charge in [0.15, 0.2) is 11.5 Å². The highest BCUT2D eigenvalue weighted by Gasteiger charge is 2.33. The van der Waals surface area contributed by atoms with Gasteiger partial charge in [0, 0.05) is 81.2 Å². The first-order chi connectivity index (χ1) is 27.6. The highest BCUT2D eigenvalue weighted by molar-refractivity contribution is 6.09. The number of piperidine rings is 1. The number of carbonyl (C=O) groups is 3. The van der Waals surface area contributed by atoms with Crippen LogP contribution in [0.3, 0.4) is 0 Å². The number of imidazole rings is 1. The number of likely N-dealkylation sites (tertiary alicyclic amines) is 1. The number of aromatic nitrogens is 7. The molecule has 3 N–H and O–H groups in total. The minimum absolute atomic E-state index is 0.00627. The number of aliphatic hydroxyl groups is 1. The molecule has 4 amide bonds. The quantitative estimate of drug-likeness (QED) is 0.184. The first-order valence-corrected chi connectivity index (χ1v) is 19.9. The Hall–Kier alpha value is -5.87. The number of hydrogen-bond donors (Lipinski definition) is 3. The number of nitrogens with one attached hydrogen (secondary N) is 2. The molecule has 7 heterocycles. The number of anilines is 2. The summed E-state index contributed by atoms with van der Waals surface area (Å²) in [4.78, 5) is 51.1. The number of pyridine rings is 1. The van der Waals surface area contributed by atoms with Crippen LogP contribution in [0, 0.1) is 5.92 Å². The Morgan fingerprint density at radius 1 is 1.09 bits per heavy atom. The number of β-amino-alcohol motifs (C(OH)–C–C–N with tert-alkyl or cyclic N) is 1. The van der Waals surface area contributed by atoms with E-state index in [1.807, 2.05) is 49.7 Å². The molecule has 0 radical (unpaired) electrons. The fourth-order valence-corrected chi connectivity index (χ4v) is 8.87. The van der Waals surface area contributed by atoms with Crippen LogP contribution in [0.5, 0.6) is 5.75 Å². The largest absolute Gasteiger partial charge is 0.490 e. The monoisotopic (exact) mass is 773 g/mol. The lowest BCUT2D eigenvalue weighted by atomic mass is 9.80. The fourth-order valence-electron chi connectivity index (χ4n) is 8.87. The number of rotatable bonds is 9. The van der Waals surface area contributed by atoms with Crippen LogP contribution >= 0.6 is 0 Å². The van der Waals surface area contributed by atoms with E-state index in [0.29, 0.717) is 53.4 Å². The number of nitrogens with zero attached hydrogens (tertiary/aromatic N) is 9.